The monoisotopic (exact) mass is 278 g/mol. The largest absolute Gasteiger partial charge is 0.433 e. The molecule has 0 bridgehead atoms. The van der Waals surface area contributed by atoms with Crippen molar-refractivity contribution < 1.29 is 17.9 Å². The van der Waals surface area contributed by atoms with Crippen molar-refractivity contribution in [3.05, 3.63) is 18.0 Å². The molecule has 2 atom stereocenters. The molecule has 1 saturated heterocycles. The van der Waals surface area contributed by atoms with Crippen LogP contribution in [0, 0.1) is 0 Å². The van der Waals surface area contributed by atoms with Crippen LogP contribution >= 0.6 is 11.8 Å². The lowest BCUT2D eigenvalue weighted by atomic mass is 10.3. The topological polar surface area (TPSA) is 48.1 Å². The van der Waals surface area contributed by atoms with Crippen LogP contribution < -0.4 is 5.73 Å². The Morgan fingerprint density at radius 3 is 2.78 bits per heavy atom. The quantitative estimate of drug-likeness (QED) is 0.903. The fraction of sp³-hybridized carbons (Fsp3) is 0.545. The number of alkyl halides is 3. The van der Waals surface area contributed by atoms with E-state index in [1.54, 1.807) is 0 Å². The number of nitrogens with two attached hydrogens (primary N) is 1. The van der Waals surface area contributed by atoms with Gasteiger partial charge in [-0.2, -0.15) is 13.2 Å². The number of aromatic nitrogens is 1. The van der Waals surface area contributed by atoms with Gasteiger partial charge in [-0.1, -0.05) is 0 Å². The van der Waals surface area contributed by atoms with Crippen molar-refractivity contribution in [3.63, 3.8) is 0 Å². The summed E-state index contributed by atoms with van der Waals surface area (Å²) in [5, 5.41) is 0.135. The highest BCUT2D eigenvalue weighted by Crippen LogP contribution is 2.38. The number of anilines is 1. The smallest absolute Gasteiger partial charge is 0.397 e. The second-order valence-corrected chi connectivity index (χ2v) is 5.41. The van der Waals surface area contributed by atoms with E-state index in [4.69, 9.17) is 10.5 Å². The minimum absolute atomic E-state index is 0.0249. The predicted octanol–water partition coefficient (Wildman–Crippen LogP) is 2.95. The Labute approximate surface area is 107 Å². The molecule has 1 fully saturated rings. The summed E-state index contributed by atoms with van der Waals surface area (Å²) < 4.78 is 43.0. The van der Waals surface area contributed by atoms with Gasteiger partial charge in [0.25, 0.3) is 0 Å². The van der Waals surface area contributed by atoms with E-state index in [2.05, 4.69) is 4.98 Å². The summed E-state index contributed by atoms with van der Waals surface area (Å²) in [7, 11) is 0. The second-order valence-electron chi connectivity index (χ2n) is 4.13. The molecule has 18 heavy (non-hydrogen) atoms. The third-order valence-corrected chi connectivity index (χ3v) is 4.30. The van der Waals surface area contributed by atoms with Crippen molar-refractivity contribution in [2.75, 3.05) is 12.3 Å². The summed E-state index contributed by atoms with van der Waals surface area (Å²) in [6.07, 6.45) is -2.54. The van der Waals surface area contributed by atoms with Crippen LogP contribution in [0.1, 0.15) is 19.0 Å². The molecule has 2 unspecified atom stereocenters. The molecule has 0 aromatic carbocycles. The van der Waals surface area contributed by atoms with Gasteiger partial charge in [0.1, 0.15) is 5.69 Å². The van der Waals surface area contributed by atoms with E-state index in [1.807, 2.05) is 6.92 Å². The van der Waals surface area contributed by atoms with Crippen molar-refractivity contribution in [1.82, 2.24) is 4.98 Å². The molecule has 1 aromatic rings. The molecular formula is C11H13F3N2OS. The molecule has 3 nitrogen and oxygen atoms in total. The average Bonchev–Trinajstić information content (AvgIpc) is 2.66. The van der Waals surface area contributed by atoms with Gasteiger partial charge < -0.3 is 10.5 Å². The first-order valence-corrected chi connectivity index (χ1v) is 6.37. The molecule has 2 heterocycles. The fourth-order valence-electron chi connectivity index (χ4n) is 1.73. The number of thioether (sulfide) groups is 1. The highest BCUT2D eigenvalue weighted by molar-refractivity contribution is 8.00. The standard InChI is InChI=1S/C11H13F3N2OS/c1-6-8(2-3-17-6)18-9-4-10(11(12,13)14)16-5-7(9)15/h4-6,8H,2-3,15H2,1H3. The number of halogens is 3. The lowest BCUT2D eigenvalue weighted by Crippen LogP contribution is -2.14. The van der Waals surface area contributed by atoms with Crippen molar-refractivity contribution in [2.45, 2.75) is 35.8 Å². The number of ether oxygens (including phenoxy) is 1. The van der Waals surface area contributed by atoms with Crippen LogP contribution in [0.15, 0.2) is 17.2 Å². The zero-order valence-corrected chi connectivity index (χ0v) is 10.5. The molecule has 0 amide bonds. The second kappa shape index (κ2) is 4.97. The van der Waals surface area contributed by atoms with E-state index < -0.39 is 11.9 Å². The van der Waals surface area contributed by atoms with Gasteiger partial charge in [-0.05, 0) is 19.4 Å². The van der Waals surface area contributed by atoms with E-state index in [0.29, 0.717) is 11.5 Å². The number of hydrogen-bond acceptors (Lipinski definition) is 4. The molecule has 2 N–H and O–H groups in total. The van der Waals surface area contributed by atoms with Gasteiger partial charge >= 0.3 is 6.18 Å². The molecule has 0 aliphatic carbocycles. The maximum Gasteiger partial charge on any atom is 0.433 e. The first kappa shape index (κ1) is 13.5. The van der Waals surface area contributed by atoms with Crippen LogP contribution in [0.4, 0.5) is 18.9 Å². The maximum atomic E-state index is 12.6. The highest BCUT2D eigenvalue weighted by Gasteiger charge is 2.34. The number of nitrogens with zero attached hydrogens (tertiary/aromatic N) is 1. The van der Waals surface area contributed by atoms with Crippen molar-refractivity contribution >= 4 is 17.4 Å². The summed E-state index contributed by atoms with van der Waals surface area (Å²) in [5.41, 5.74) is 5.02. The first-order valence-electron chi connectivity index (χ1n) is 5.49. The van der Waals surface area contributed by atoms with E-state index in [1.165, 1.54) is 11.8 Å². The van der Waals surface area contributed by atoms with E-state index >= 15 is 0 Å². The third-order valence-electron chi connectivity index (χ3n) is 2.77. The Kier molecular flexibility index (Phi) is 3.72. The molecule has 0 radical (unpaired) electrons. The normalized spacial score (nSPS) is 24.4. The summed E-state index contributed by atoms with van der Waals surface area (Å²) in [6, 6.07) is 1.00. The zero-order valence-electron chi connectivity index (χ0n) is 9.70. The first-order chi connectivity index (χ1) is 8.38. The van der Waals surface area contributed by atoms with Crippen LogP contribution in [0.3, 0.4) is 0 Å². The number of rotatable bonds is 2. The minimum atomic E-state index is -4.44. The van der Waals surface area contributed by atoms with Crippen molar-refractivity contribution in [3.8, 4) is 0 Å². The van der Waals surface area contributed by atoms with Crippen LogP contribution in [0.25, 0.3) is 0 Å². The van der Waals surface area contributed by atoms with E-state index in [9.17, 15) is 13.2 Å². The van der Waals surface area contributed by atoms with Gasteiger partial charge in [-0.3, -0.25) is 0 Å². The van der Waals surface area contributed by atoms with Gasteiger partial charge in [0.05, 0.1) is 18.0 Å². The van der Waals surface area contributed by atoms with Crippen LogP contribution in [-0.2, 0) is 10.9 Å². The number of hydrogen-bond donors (Lipinski definition) is 1. The summed E-state index contributed by atoms with van der Waals surface area (Å²) in [6.45, 7) is 2.54. The summed E-state index contributed by atoms with van der Waals surface area (Å²) in [5.74, 6) is 0. The molecule has 100 valence electrons. The zero-order chi connectivity index (χ0) is 13.3. The van der Waals surface area contributed by atoms with Gasteiger partial charge in [-0.15, -0.1) is 11.8 Å². The third kappa shape index (κ3) is 2.89. The number of nitrogen functional groups attached to an aromatic ring is 1. The van der Waals surface area contributed by atoms with Crippen molar-refractivity contribution in [2.24, 2.45) is 0 Å². The molecule has 1 aromatic heterocycles. The van der Waals surface area contributed by atoms with Gasteiger partial charge in [0.2, 0.25) is 0 Å². The molecular weight excluding hydrogens is 265 g/mol. The molecule has 0 saturated carbocycles. The Bertz CT molecular complexity index is 439. The van der Waals surface area contributed by atoms with Gasteiger partial charge in [0, 0.05) is 16.8 Å². The lowest BCUT2D eigenvalue weighted by molar-refractivity contribution is -0.141. The maximum absolute atomic E-state index is 12.6. The molecule has 2 rings (SSSR count). The SMILES string of the molecule is CC1OCCC1Sc1cc(C(F)(F)F)ncc1N. The van der Waals surface area contributed by atoms with Crippen LogP contribution in [0.2, 0.25) is 0 Å². The van der Waals surface area contributed by atoms with Crippen molar-refractivity contribution in [1.29, 1.82) is 0 Å². The molecule has 7 heteroatoms. The highest BCUT2D eigenvalue weighted by atomic mass is 32.2. The van der Waals surface area contributed by atoms with E-state index in [0.717, 1.165) is 18.7 Å². The summed E-state index contributed by atoms with van der Waals surface area (Å²) >= 11 is 1.33. The lowest BCUT2D eigenvalue weighted by Gasteiger charge is -2.15. The van der Waals surface area contributed by atoms with Gasteiger partial charge in [-0.25, -0.2) is 4.98 Å². The predicted molar refractivity (Wildman–Crippen MR) is 63.3 cm³/mol. The molecule has 0 spiro atoms. The Morgan fingerprint density at radius 1 is 1.50 bits per heavy atom. The van der Waals surface area contributed by atoms with E-state index in [-0.39, 0.29) is 17.0 Å². The van der Waals surface area contributed by atoms with Crippen LogP contribution in [-0.4, -0.2) is 22.9 Å². The van der Waals surface area contributed by atoms with Crippen LogP contribution in [0.5, 0.6) is 0 Å². The Hall–Kier alpha value is -0.950. The Morgan fingerprint density at radius 2 is 2.22 bits per heavy atom. The molecule has 1 aliphatic rings. The minimum Gasteiger partial charge on any atom is -0.397 e. The number of pyridine rings is 1. The average molecular weight is 278 g/mol. The molecule has 1 aliphatic heterocycles. The fourth-order valence-corrected chi connectivity index (χ4v) is 2.91. The van der Waals surface area contributed by atoms with Gasteiger partial charge in [0.15, 0.2) is 0 Å². The Balaban J connectivity index is 2.21. The summed E-state index contributed by atoms with van der Waals surface area (Å²) in [4.78, 5) is 3.73.